The average Bonchev–Trinajstić information content (AvgIpc) is 3.17. The third-order valence-electron chi connectivity index (χ3n) is 4.06. The molecule has 2 aromatic rings. The Morgan fingerprint density at radius 2 is 2.19 bits per heavy atom. The van der Waals surface area contributed by atoms with Crippen molar-refractivity contribution in [1.29, 1.82) is 0 Å². The Morgan fingerprint density at radius 1 is 1.43 bits per heavy atom. The van der Waals surface area contributed by atoms with E-state index in [4.69, 9.17) is 14.7 Å². The Labute approximate surface area is 122 Å². The molecular formula is C15H19N3O3. The van der Waals surface area contributed by atoms with Gasteiger partial charge in [0.05, 0.1) is 6.26 Å². The summed E-state index contributed by atoms with van der Waals surface area (Å²) >= 11 is 0. The van der Waals surface area contributed by atoms with Crippen LogP contribution in [0.1, 0.15) is 30.3 Å². The lowest BCUT2D eigenvalue weighted by Crippen LogP contribution is -2.42. The number of carbonyl (C=O) groups excluding carboxylic acids is 1. The second-order valence-corrected chi connectivity index (χ2v) is 5.54. The molecule has 2 N–H and O–H groups in total. The summed E-state index contributed by atoms with van der Waals surface area (Å²) in [6, 6.07) is 5.33. The predicted molar refractivity (Wildman–Crippen MR) is 76.5 cm³/mol. The highest BCUT2D eigenvalue weighted by molar-refractivity contribution is 5.93. The van der Waals surface area contributed by atoms with Gasteiger partial charge < -0.3 is 19.6 Å². The van der Waals surface area contributed by atoms with Gasteiger partial charge >= 0.3 is 0 Å². The van der Waals surface area contributed by atoms with Gasteiger partial charge in [0.1, 0.15) is 0 Å². The molecule has 0 aromatic carbocycles. The van der Waals surface area contributed by atoms with E-state index in [0.717, 1.165) is 12.8 Å². The first-order valence-electron chi connectivity index (χ1n) is 7.20. The maximum Gasteiger partial charge on any atom is 0.276 e. The molecule has 21 heavy (non-hydrogen) atoms. The lowest BCUT2D eigenvalue weighted by Gasteiger charge is -2.33. The molecule has 1 atom stereocenters. The Kier molecular flexibility index (Phi) is 3.79. The zero-order valence-electron chi connectivity index (χ0n) is 12.0. The number of furan rings is 1. The summed E-state index contributed by atoms with van der Waals surface area (Å²) in [4.78, 5) is 14.2. The van der Waals surface area contributed by atoms with Gasteiger partial charge in [-0.15, -0.1) is 0 Å². The Balaban J connectivity index is 1.66. The first kappa shape index (κ1) is 13.9. The minimum absolute atomic E-state index is 0.0975. The lowest BCUT2D eigenvalue weighted by atomic mass is 9.91. The van der Waals surface area contributed by atoms with Gasteiger partial charge in [0.15, 0.2) is 11.5 Å². The number of rotatable bonds is 3. The molecule has 0 radical (unpaired) electrons. The van der Waals surface area contributed by atoms with Gasteiger partial charge in [0.2, 0.25) is 5.76 Å². The fraction of sp³-hybridized carbons (Fsp3) is 0.467. The molecule has 112 valence electrons. The molecule has 1 saturated heterocycles. The van der Waals surface area contributed by atoms with Crippen LogP contribution >= 0.6 is 0 Å². The van der Waals surface area contributed by atoms with Gasteiger partial charge in [-0.1, -0.05) is 5.16 Å². The van der Waals surface area contributed by atoms with Crippen molar-refractivity contribution in [2.75, 3.05) is 13.1 Å². The van der Waals surface area contributed by atoms with Crippen LogP contribution in [0.15, 0.2) is 33.4 Å². The van der Waals surface area contributed by atoms with Gasteiger partial charge in [0, 0.05) is 25.2 Å². The van der Waals surface area contributed by atoms with E-state index in [9.17, 15) is 4.79 Å². The second kappa shape index (κ2) is 5.73. The molecule has 1 aliphatic rings. The van der Waals surface area contributed by atoms with E-state index in [2.05, 4.69) is 5.16 Å². The molecule has 1 aliphatic heterocycles. The van der Waals surface area contributed by atoms with Crippen LogP contribution in [0.5, 0.6) is 0 Å². The zero-order valence-corrected chi connectivity index (χ0v) is 12.0. The van der Waals surface area contributed by atoms with E-state index in [1.807, 2.05) is 11.8 Å². The molecule has 0 aliphatic carbocycles. The third-order valence-corrected chi connectivity index (χ3v) is 4.06. The van der Waals surface area contributed by atoms with Crippen LogP contribution in [-0.2, 0) is 0 Å². The molecule has 3 heterocycles. The minimum Gasteiger partial charge on any atom is -0.461 e. The smallest absolute Gasteiger partial charge is 0.276 e. The van der Waals surface area contributed by atoms with E-state index in [1.54, 1.807) is 24.5 Å². The van der Waals surface area contributed by atoms with E-state index in [-0.39, 0.29) is 11.9 Å². The molecule has 2 aromatic heterocycles. The van der Waals surface area contributed by atoms with Crippen molar-refractivity contribution in [3.05, 3.63) is 30.2 Å². The maximum atomic E-state index is 12.4. The summed E-state index contributed by atoms with van der Waals surface area (Å²) in [7, 11) is 0. The van der Waals surface area contributed by atoms with Gasteiger partial charge in [-0.2, -0.15) is 0 Å². The highest BCUT2D eigenvalue weighted by Crippen LogP contribution is 2.24. The molecule has 0 bridgehead atoms. The van der Waals surface area contributed by atoms with Gasteiger partial charge in [-0.25, -0.2) is 0 Å². The molecule has 0 saturated carbocycles. The summed E-state index contributed by atoms with van der Waals surface area (Å²) in [5, 5.41) is 3.85. The van der Waals surface area contributed by atoms with Crippen molar-refractivity contribution in [1.82, 2.24) is 10.1 Å². The first-order chi connectivity index (χ1) is 10.1. The molecule has 1 amide bonds. The van der Waals surface area contributed by atoms with Crippen molar-refractivity contribution in [3.8, 4) is 11.5 Å². The van der Waals surface area contributed by atoms with E-state index < -0.39 is 0 Å². The molecule has 1 fully saturated rings. The van der Waals surface area contributed by atoms with E-state index in [1.165, 1.54) is 0 Å². The normalized spacial score (nSPS) is 17.9. The Hall–Kier alpha value is -2.08. The summed E-state index contributed by atoms with van der Waals surface area (Å²) < 4.78 is 10.4. The molecule has 6 nitrogen and oxygen atoms in total. The third kappa shape index (κ3) is 2.85. The first-order valence-corrected chi connectivity index (χ1v) is 7.20. The summed E-state index contributed by atoms with van der Waals surface area (Å²) in [6.07, 6.45) is 3.43. The average molecular weight is 289 g/mol. The molecular weight excluding hydrogens is 270 g/mol. The standard InChI is InChI=1S/C15H19N3O3/c1-10(16)11-4-6-18(7-5-11)15(19)12-9-14(21-17-12)13-3-2-8-20-13/h2-3,8-11H,4-7,16H2,1H3. The van der Waals surface area contributed by atoms with Crippen molar-refractivity contribution in [2.45, 2.75) is 25.8 Å². The molecule has 6 heteroatoms. The number of nitrogens with two attached hydrogens (primary N) is 1. The Bertz CT molecular complexity index is 595. The number of amides is 1. The molecule has 1 unspecified atom stereocenters. The fourth-order valence-corrected chi connectivity index (χ4v) is 2.70. The van der Waals surface area contributed by atoms with Crippen LogP contribution in [-0.4, -0.2) is 35.1 Å². The van der Waals surface area contributed by atoms with Gasteiger partial charge in [0.25, 0.3) is 5.91 Å². The van der Waals surface area contributed by atoms with Crippen LogP contribution in [0.25, 0.3) is 11.5 Å². The Morgan fingerprint density at radius 3 is 2.81 bits per heavy atom. The number of nitrogens with zero attached hydrogens (tertiary/aromatic N) is 2. The SMILES string of the molecule is CC(N)C1CCN(C(=O)c2cc(-c3ccco3)on2)CC1. The quantitative estimate of drug-likeness (QED) is 0.935. The lowest BCUT2D eigenvalue weighted by molar-refractivity contribution is 0.0670. The highest BCUT2D eigenvalue weighted by atomic mass is 16.5. The van der Waals surface area contributed by atoms with Crippen LogP contribution in [0.3, 0.4) is 0 Å². The van der Waals surface area contributed by atoms with Crippen LogP contribution in [0.4, 0.5) is 0 Å². The number of carbonyl (C=O) groups is 1. The number of hydrogen-bond acceptors (Lipinski definition) is 5. The number of aromatic nitrogens is 1. The van der Waals surface area contributed by atoms with Crippen molar-refractivity contribution < 1.29 is 13.7 Å². The zero-order chi connectivity index (χ0) is 14.8. The van der Waals surface area contributed by atoms with Crippen LogP contribution in [0.2, 0.25) is 0 Å². The largest absolute Gasteiger partial charge is 0.461 e. The fourth-order valence-electron chi connectivity index (χ4n) is 2.70. The highest BCUT2D eigenvalue weighted by Gasteiger charge is 2.27. The molecule has 0 spiro atoms. The minimum atomic E-state index is -0.0975. The number of likely N-dealkylation sites (tertiary alicyclic amines) is 1. The predicted octanol–water partition coefficient (Wildman–Crippen LogP) is 2.13. The summed E-state index contributed by atoms with van der Waals surface area (Å²) in [5.41, 5.74) is 6.24. The van der Waals surface area contributed by atoms with Gasteiger partial charge in [-0.3, -0.25) is 4.79 Å². The molecule has 3 rings (SSSR count). The summed E-state index contributed by atoms with van der Waals surface area (Å²) in [5.74, 6) is 1.43. The number of piperidine rings is 1. The van der Waals surface area contributed by atoms with E-state index in [0.29, 0.717) is 36.2 Å². The van der Waals surface area contributed by atoms with Crippen molar-refractivity contribution in [2.24, 2.45) is 11.7 Å². The van der Waals surface area contributed by atoms with Crippen molar-refractivity contribution >= 4 is 5.91 Å². The van der Waals surface area contributed by atoms with Gasteiger partial charge in [-0.05, 0) is 37.8 Å². The second-order valence-electron chi connectivity index (χ2n) is 5.54. The maximum absolute atomic E-state index is 12.4. The monoisotopic (exact) mass is 289 g/mol. The number of hydrogen-bond donors (Lipinski definition) is 1. The van der Waals surface area contributed by atoms with E-state index >= 15 is 0 Å². The van der Waals surface area contributed by atoms with Crippen LogP contribution < -0.4 is 5.73 Å². The van der Waals surface area contributed by atoms with Crippen molar-refractivity contribution in [3.63, 3.8) is 0 Å². The summed E-state index contributed by atoms with van der Waals surface area (Å²) in [6.45, 7) is 3.46. The topological polar surface area (TPSA) is 85.5 Å². The van der Waals surface area contributed by atoms with Crippen LogP contribution in [0, 0.1) is 5.92 Å².